The molecule has 0 unspecified atom stereocenters. The molecule has 26 rings (SSSR count). The van der Waals surface area contributed by atoms with E-state index in [1.165, 1.54) is 31.4 Å². The van der Waals surface area contributed by atoms with Gasteiger partial charge in [0.15, 0.2) is 5.65 Å². The number of nitrogens with two attached hydrogens (primary N) is 1. The van der Waals surface area contributed by atoms with Crippen LogP contribution in [0.4, 0.5) is 17.1 Å². The van der Waals surface area contributed by atoms with Crippen molar-refractivity contribution in [3.63, 3.8) is 0 Å². The van der Waals surface area contributed by atoms with Crippen molar-refractivity contribution in [2.75, 3.05) is 107 Å². The standard InChI is InChI=1S/C25H28N6O.C23H27N7O.C23H24N6O.C21H23N7O.C21H22N6O/c1-3-18-11-19(14-30-13-17(2)26-25(18)30)22-12-24(32)31-16-21(6-7-23(31)27-22)29-10-9-28-8-4-5-20(28)15-29;1-15-11-30-21(16(2)24-15)9-20(26-30)19-10-23(31)29-14-18(5-6-22(29)25-19)28-8-7-17(13-28)12-27(3)4;1-13-7-18(8-14(2)24-13)17-5-6-22-26-19(10-23(30)28(22)12-17)20-9-21-16(4)25-15(3)11-29(21)27-20;1-13-10-28-19(14(2)23-13)7-18(25-28)17-8-21(29)27-12-16(3-4-20(27)24-17)26-6-5-15(9-22)11-26;1-13-21-24-18(15-3-4-17-16(9-15)11-26(2)25-17)10-20(28)27(21)12-19(23-13)14-5-7-22-8-6-14/h6-7,11-14,16,20H,3-5,8-10,15H2,1-2H3;5-6,9-11,14,17H,7-8,12-13H2,1-4H3;5-7,9-14,24H,8H2,1-4H3;3-4,7-8,10,12,15H,5-6,9,11,22H2,1-2H3;3-4,9-12,14,22H,5-8H2,1-2H3/t20-;17-;13-,14-;15-;/m0101./s1. The number of nitrogens with one attached hydrogen (secondary N) is 2. The molecule has 0 radical (unpaired) electrons. The minimum absolute atomic E-state index is 0.0497. The van der Waals surface area contributed by atoms with Crippen LogP contribution in [0.25, 0.3) is 124 Å². The van der Waals surface area contributed by atoms with Gasteiger partial charge in [0.25, 0.3) is 27.8 Å². The number of hydrogen-bond acceptors (Lipinski definition) is 27. The molecule has 37 nitrogen and oxygen atoms in total. The average molecular weight is 2010 g/mol. The topological polar surface area (TPSA) is 377 Å². The van der Waals surface area contributed by atoms with E-state index in [0.29, 0.717) is 116 Å². The number of pyridine rings is 5. The minimum atomic E-state index is -0.121. The molecule has 1 aromatic carbocycles. The second-order valence-corrected chi connectivity index (χ2v) is 41.4. The van der Waals surface area contributed by atoms with Crippen LogP contribution in [0.2, 0.25) is 0 Å². The van der Waals surface area contributed by atoms with Gasteiger partial charge in [0, 0.05) is 180 Å². The van der Waals surface area contributed by atoms with Gasteiger partial charge in [0.2, 0.25) is 0 Å². The van der Waals surface area contributed by atoms with E-state index in [1.807, 2.05) is 208 Å². The Morgan fingerprint density at radius 1 is 0.413 bits per heavy atom. The number of hydrogen-bond donors (Lipinski definition) is 3. The number of benzene rings is 1. The van der Waals surface area contributed by atoms with Crippen molar-refractivity contribution in [1.82, 2.24) is 135 Å². The van der Waals surface area contributed by atoms with Crippen molar-refractivity contribution >= 4 is 84.0 Å². The normalized spacial score (nSPS) is 17.6. The van der Waals surface area contributed by atoms with Crippen molar-refractivity contribution in [1.29, 1.82) is 0 Å². The predicted molar refractivity (Wildman–Crippen MR) is 587 cm³/mol. The number of nitrogens with zero attached hydrogens (tertiary/aromatic N) is 29. The van der Waals surface area contributed by atoms with E-state index in [4.69, 9.17) is 30.7 Å². The molecule has 25 heterocycles. The molecule has 19 aromatic heterocycles. The minimum Gasteiger partial charge on any atom is -0.370 e. The molecule has 4 N–H and O–H groups in total. The summed E-state index contributed by atoms with van der Waals surface area (Å²) in [5.41, 5.74) is 34.8. The first-order valence-corrected chi connectivity index (χ1v) is 51.9. The van der Waals surface area contributed by atoms with Gasteiger partial charge in [0.05, 0.1) is 137 Å². The number of imidazole rings is 1. The Morgan fingerprint density at radius 3 is 1.44 bits per heavy atom. The first kappa shape index (κ1) is 98.6. The maximum absolute atomic E-state index is 13.1. The number of rotatable bonds is 14. The van der Waals surface area contributed by atoms with Crippen molar-refractivity contribution < 1.29 is 0 Å². The third kappa shape index (κ3) is 20.3. The van der Waals surface area contributed by atoms with Gasteiger partial charge in [-0.15, -0.1) is 0 Å². The Balaban J connectivity index is 0.000000106. The summed E-state index contributed by atoms with van der Waals surface area (Å²) < 4.78 is 17.4. The Kier molecular flexibility index (Phi) is 26.9. The molecule has 5 atom stereocenters. The number of piperidine rings is 1. The third-order valence-electron chi connectivity index (χ3n) is 29.7. The highest BCUT2D eigenvalue weighted by Crippen LogP contribution is 2.35. The lowest BCUT2D eigenvalue weighted by molar-refractivity contribution is 0.231. The van der Waals surface area contributed by atoms with E-state index in [0.717, 1.165) is 221 Å². The monoisotopic (exact) mass is 2010 g/mol. The largest absolute Gasteiger partial charge is 0.370 e. The molecule has 0 aliphatic carbocycles. The predicted octanol–water partition coefficient (Wildman–Crippen LogP) is 13.0. The molecule has 6 aliphatic heterocycles. The summed E-state index contributed by atoms with van der Waals surface area (Å²) in [5, 5.41) is 26.1. The number of anilines is 3. The second kappa shape index (κ2) is 40.9. The van der Waals surface area contributed by atoms with Crippen LogP contribution in [0, 0.1) is 67.2 Å². The third-order valence-corrected chi connectivity index (χ3v) is 29.7. The Labute approximate surface area is 864 Å². The molecule has 0 saturated carbocycles. The van der Waals surface area contributed by atoms with Crippen molar-refractivity contribution in [2.24, 2.45) is 24.6 Å². The maximum Gasteiger partial charge on any atom is 0.258 e. The zero-order valence-electron chi connectivity index (χ0n) is 87.2. The molecule has 5 fully saturated rings. The Bertz CT molecular complexity index is 9040. The summed E-state index contributed by atoms with van der Waals surface area (Å²) in [5.74, 6) is 1.56. The lowest BCUT2D eigenvalue weighted by atomic mass is 9.94. The molecule has 766 valence electrons. The zero-order chi connectivity index (χ0) is 104. The van der Waals surface area contributed by atoms with Crippen LogP contribution in [0.1, 0.15) is 134 Å². The van der Waals surface area contributed by atoms with Gasteiger partial charge in [-0.2, -0.15) is 20.4 Å². The molecule has 5 saturated heterocycles. The van der Waals surface area contributed by atoms with Gasteiger partial charge in [-0.1, -0.05) is 19.1 Å². The summed E-state index contributed by atoms with van der Waals surface area (Å²) >= 11 is 0. The van der Waals surface area contributed by atoms with E-state index in [1.54, 1.807) is 70.6 Å². The van der Waals surface area contributed by atoms with Crippen molar-refractivity contribution in [2.45, 2.75) is 152 Å². The van der Waals surface area contributed by atoms with E-state index in [9.17, 15) is 24.0 Å². The second-order valence-electron chi connectivity index (χ2n) is 41.4. The highest BCUT2D eigenvalue weighted by atomic mass is 16.1. The van der Waals surface area contributed by atoms with E-state index < -0.39 is 0 Å². The number of piperazine rings is 1. The molecule has 0 bridgehead atoms. The molecule has 150 heavy (non-hydrogen) atoms. The zero-order valence-corrected chi connectivity index (χ0v) is 87.2. The van der Waals surface area contributed by atoms with Crippen LogP contribution in [0.15, 0.2) is 220 Å². The number of fused-ring (bicyclic) bond motifs is 11. The number of aryl methyl sites for hydroxylation is 10. The van der Waals surface area contributed by atoms with Crippen LogP contribution in [0.5, 0.6) is 0 Å². The smallest absolute Gasteiger partial charge is 0.258 e. The van der Waals surface area contributed by atoms with Crippen molar-refractivity contribution in [3.8, 4) is 56.7 Å². The van der Waals surface area contributed by atoms with Gasteiger partial charge in [-0.3, -0.25) is 75.5 Å². The fourth-order valence-electron chi connectivity index (χ4n) is 22.3. The maximum atomic E-state index is 13.1. The SMILES string of the molecule is CCc1cc(-c2cc(=O)n3cc(N4CCN5CCC[C@H]5C4)ccc3n2)cn2cc(C)nc12.Cc1cn2nc(-c3cc(=O)n4cc(C5=C[C@H](C)N[C@@H](C)C5)ccc4n3)cc2c(C)n1.Cc1cn2nc(-c3cc(=O)n4cc(N5CC[C@H](CN(C)C)C5)ccc4n3)cc2c(C)n1.Cc1cn2nc(-c3cc(=O)n4cc(N5CC[C@H](CN)C5)ccc4n3)cc2c(C)n1.Cc1nc(C2CCNCC2)cn2c(=O)cc(-c3ccc4nn(C)cc4c3)nc12. The van der Waals surface area contributed by atoms with E-state index >= 15 is 0 Å². The lowest BCUT2D eigenvalue weighted by Gasteiger charge is -2.38. The van der Waals surface area contributed by atoms with Crippen LogP contribution in [0.3, 0.4) is 0 Å². The highest BCUT2D eigenvalue weighted by molar-refractivity contribution is 5.84. The Hall–Kier alpha value is -16.1. The number of aromatic nitrogens is 24. The quantitative estimate of drug-likeness (QED) is 0.0910. The fraction of sp³-hybridized carbons (Fsp3) is 0.354. The van der Waals surface area contributed by atoms with Crippen molar-refractivity contribution in [3.05, 3.63) is 310 Å². The fourth-order valence-corrected chi connectivity index (χ4v) is 22.3. The molecule has 20 aromatic rings. The van der Waals surface area contributed by atoms with Gasteiger partial charge in [-0.25, -0.2) is 43.5 Å². The lowest BCUT2D eigenvalue weighted by Crippen LogP contribution is -2.50. The highest BCUT2D eigenvalue weighted by Gasteiger charge is 2.33. The summed E-state index contributed by atoms with van der Waals surface area (Å²) in [7, 11) is 6.13. The summed E-state index contributed by atoms with van der Waals surface area (Å²) in [6.45, 7) is 34.1. The molecular weight excluding hydrogens is 1890 g/mol. The Morgan fingerprint density at radius 2 is 0.907 bits per heavy atom. The van der Waals surface area contributed by atoms with Crippen LogP contribution >= 0.6 is 0 Å². The van der Waals surface area contributed by atoms with Crippen LogP contribution in [-0.4, -0.2) is 235 Å². The summed E-state index contributed by atoms with van der Waals surface area (Å²) in [6, 6.07) is 39.0. The molecule has 37 heteroatoms. The van der Waals surface area contributed by atoms with Crippen LogP contribution in [-0.2, 0) is 13.5 Å². The van der Waals surface area contributed by atoms with E-state index in [2.05, 4.69) is 140 Å². The van der Waals surface area contributed by atoms with Gasteiger partial charge in [-0.05, 0) is 274 Å². The first-order valence-electron chi connectivity index (χ1n) is 51.9. The van der Waals surface area contributed by atoms with Crippen LogP contribution < -0.4 is 58.9 Å². The first-order chi connectivity index (χ1) is 72.4. The van der Waals surface area contributed by atoms with Gasteiger partial charge < -0.3 is 40.4 Å². The molecular formula is C113H124N32O5. The average Bonchev–Trinajstić information content (AvgIpc) is 1.70. The van der Waals surface area contributed by atoms with Gasteiger partial charge in [0.1, 0.15) is 45.3 Å². The molecule has 0 spiro atoms. The summed E-state index contributed by atoms with van der Waals surface area (Å²) in [6.07, 6.45) is 32.1. The molecule has 0 amide bonds. The molecule has 6 aliphatic rings. The van der Waals surface area contributed by atoms with Gasteiger partial charge >= 0.3 is 0 Å². The van der Waals surface area contributed by atoms with E-state index in [-0.39, 0.29) is 27.8 Å². The summed E-state index contributed by atoms with van der Waals surface area (Å²) in [4.78, 5) is 123.